The number of aromatic nitrogens is 3. The molecule has 11 heteroatoms. The number of cyclic esters (lactones) is 1. The van der Waals surface area contributed by atoms with Gasteiger partial charge in [-0.05, 0) is 53.1 Å². The summed E-state index contributed by atoms with van der Waals surface area (Å²) in [7, 11) is 4.71. The van der Waals surface area contributed by atoms with Crippen molar-refractivity contribution in [2.45, 2.75) is 18.5 Å². The Hall–Kier alpha value is -4.93. The van der Waals surface area contributed by atoms with Gasteiger partial charge >= 0.3 is 5.97 Å². The SMILES string of the molecule is COc1cc([C@@H]2c3cc4c(cc3[C@@H](n3cc(CNc5ccccc5)nn3)[C@H]3COC(=O)[C@H]23)OCO4)cc(OC)c1OC. The summed E-state index contributed by atoms with van der Waals surface area (Å²) in [6, 6.07) is 17.4. The molecule has 0 saturated carbocycles. The van der Waals surface area contributed by atoms with Crippen LogP contribution in [0.4, 0.5) is 5.69 Å². The predicted octanol–water partition coefficient (Wildman–Crippen LogP) is 4.17. The highest BCUT2D eigenvalue weighted by molar-refractivity contribution is 5.79. The Bertz CT molecular complexity index is 1610. The molecular weight excluding hydrogens is 540 g/mol. The Labute approximate surface area is 242 Å². The van der Waals surface area contributed by atoms with Gasteiger partial charge in [-0.2, -0.15) is 0 Å². The zero-order valence-corrected chi connectivity index (χ0v) is 23.4. The number of anilines is 1. The van der Waals surface area contributed by atoms with Crippen LogP contribution in [-0.2, 0) is 16.1 Å². The lowest BCUT2D eigenvalue weighted by Crippen LogP contribution is -2.37. The molecular formula is C31H30N4O7. The van der Waals surface area contributed by atoms with Crippen LogP contribution in [0.3, 0.4) is 0 Å². The zero-order chi connectivity index (χ0) is 28.8. The normalized spacial score (nSPS) is 21.7. The molecule has 3 heterocycles. The predicted molar refractivity (Wildman–Crippen MR) is 150 cm³/mol. The number of nitrogens with zero attached hydrogens (tertiary/aromatic N) is 3. The summed E-state index contributed by atoms with van der Waals surface area (Å²) < 4.78 is 36.0. The maximum atomic E-state index is 13.5. The number of ether oxygens (including phenoxy) is 6. The number of nitrogens with one attached hydrogen (secondary N) is 1. The number of carbonyl (C=O) groups is 1. The van der Waals surface area contributed by atoms with Gasteiger partial charge < -0.3 is 33.7 Å². The van der Waals surface area contributed by atoms with Crippen LogP contribution in [0, 0.1) is 11.8 Å². The summed E-state index contributed by atoms with van der Waals surface area (Å²) in [5.41, 5.74) is 4.48. The van der Waals surface area contributed by atoms with E-state index in [1.54, 1.807) is 21.3 Å². The molecule has 1 aliphatic carbocycles. The second kappa shape index (κ2) is 10.5. The van der Waals surface area contributed by atoms with E-state index in [2.05, 4.69) is 15.6 Å². The highest BCUT2D eigenvalue weighted by Gasteiger charge is 2.53. The minimum absolute atomic E-state index is 0.130. The van der Waals surface area contributed by atoms with Gasteiger partial charge in [0.25, 0.3) is 0 Å². The molecule has 0 amide bonds. The zero-order valence-electron chi connectivity index (χ0n) is 23.4. The van der Waals surface area contributed by atoms with Crippen LogP contribution in [0.5, 0.6) is 28.7 Å². The first-order valence-corrected chi connectivity index (χ1v) is 13.7. The second-order valence-corrected chi connectivity index (χ2v) is 10.4. The number of methoxy groups -OCH3 is 3. The first-order valence-electron chi connectivity index (χ1n) is 13.7. The van der Waals surface area contributed by atoms with Gasteiger partial charge in [0, 0.05) is 17.5 Å². The third-order valence-corrected chi connectivity index (χ3v) is 8.28. The number of fused-ring (bicyclic) bond motifs is 3. The van der Waals surface area contributed by atoms with E-state index in [9.17, 15) is 4.79 Å². The van der Waals surface area contributed by atoms with E-state index < -0.39 is 5.92 Å². The van der Waals surface area contributed by atoms with Crippen molar-refractivity contribution in [2.75, 3.05) is 40.0 Å². The summed E-state index contributed by atoms with van der Waals surface area (Å²) in [6.07, 6.45) is 1.93. The molecule has 1 saturated heterocycles. The molecule has 7 rings (SSSR count). The first kappa shape index (κ1) is 26.0. The van der Waals surface area contributed by atoms with Gasteiger partial charge in [0.05, 0.1) is 52.6 Å². The number of hydrogen-bond donors (Lipinski definition) is 1. The highest BCUT2D eigenvalue weighted by Crippen LogP contribution is 2.56. The van der Waals surface area contributed by atoms with Crippen molar-refractivity contribution in [2.24, 2.45) is 11.8 Å². The summed E-state index contributed by atoms with van der Waals surface area (Å²) in [5, 5.41) is 12.4. The van der Waals surface area contributed by atoms with Crippen LogP contribution in [0.25, 0.3) is 0 Å². The molecule has 1 aromatic heterocycles. The highest BCUT2D eigenvalue weighted by atomic mass is 16.7. The molecule has 11 nitrogen and oxygen atoms in total. The molecule has 0 bridgehead atoms. The fourth-order valence-corrected chi connectivity index (χ4v) is 6.43. The van der Waals surface area contributed by atoms with E-state index in [0.717, 1.165) is 28.1 Å². The molecule has 3 aliphatic rings. The molecule has 0 spiro atoms. The number of hydrogen-bond acceptors (Lipinski definition) is 10. The lowest BCUT2D eigenvalue weighted by Gasteiger charge is -2.39. The molecule has 1 N–H and O–H groups in total. The average molecular weight is 571 g/mol. The van der Waals surface area contributed by atoms with Gasteiger partial charge in [-0.25, -0.2) is 4.68 Å². The fourth-order valence-electron chi connectivity index (χ4n) is 6.43. The van der Waals surface area contributed by atoms with Crippen LogP contribution < -0.4 is 29.0 Å². The van der Waals surface area contributed by atoms with Crippen molar-refractivity contribution in [1.29, 1.82) is 0 Å². The monoisotopic (exact) mass is 570 g/mol. The quantitative estimate of drug-likeness (QED) is 0.310. The van der Waals surface area contributed by atoms with E-state index in [4.69, 9.17) is 28.4 Å². The molecule has 1 fully saturated rings. The van der Waals surface area contributed by atoms with E-state index >= 15 is 0 Å². The number of para-hydroxylation sites is 1. The van der Waals surface area contributed by atoms with E-state index in [-0.39, 0.29) is 37.2 Å². The largest absolute Gasteiger partial charge is 0.493 e. The molecule has 4 atom stereocenters. The van der Waals surface area contributed by atoms with Crippen molar-refractivity contribution in [3.63, 3.8) is 0 Å². The maximum Gasteiger partial charge on any atom is 0.310 e. The molecule has 0 radical (unpaired) electrons. The standard InChI is InChI=1S/C31H30N4O7/c1-37-25-9-17(10-26(38-2)30(25)39-3)27-20-11-23-24(42-16-41-23)12-21(20)29(22-15-40-31(36)28(22)27)35-14-19(33-34-35)13-32-18-7-5-4-6-8-18/h4-12,14,22,27-29,32H,13,15-16H2,1-3H3/t22-,27+,28-,29+/m0/s1. The van der Waals surface area contributed by atoms with Gasteiger partial charge in [0.15, 0.2) is 23.0 Å². The van der Waals surface area contributed by atoms with Crippen molar-refractivity contribution >= 4 is 11.7 Å². The third-order valence-electron chi connectivity index (χ3n) is 8.28. The number of esters is 1. The molecule has 3 aromatic carbocycles. The van der Waals surface area contributed by atoms with Crippen LogP contribution in [0.1, 0.15) is 34.3 Å². The molecule has 42 heavy (non-hydrogen) atoms. The Morgan fingerprint density at radius 3 is 2.33 bits per heavy atom. The van der Waals surface area contributed by atoms with Crippen LogP contribution in [0.2, 0.25) is 0 Å². The van der Waals surface area contributed by atoms with Crippen molar-refractivity contribution in [1.82, 2.24) is 15.0 Å². The van der Waals surface area contributed by atoms with Crippen LogP contribution >= 0.6 is 0 Å². The van der Waals surface area contributed by atoms with Crippen LogP contribution in [-0.4, -0.2) is 55.7 Å². The topological polar surface area (TPSA) is 115 Å². The molecule has 0 unspecified atom stereocenters. The Morgan fingerprint density at radius 2 is 1.64 bits per heavy atom. The summed E-state index contributed by atoms with van der Waals surface area (Å²) in [6.45, 7) is 0.883. The minimum Gasteiger partial charge on any atom is -0.493 e. The first-order chi connectivity index (χ1) is 20.6. The smallest absolute Gasteiger partial charge is 0.310 e. The van der Waals surface area contributed by atoms with Gasteiger partial charge in [-0.1, -0.05) is 23.4 Å². The third kappa shape index (κ3) is 4.23. The lowest BCUT2D eigenvalue weighted by molar-refractivity contribution is -0.141. The van der Waals surface area contributed by atoms with Gasteiger partial charge in [-0.15, -0.1) is 5.10 Å². The summed E-state index contributed by atoms with van der Waals surface area (Å²) in [4.78, 5) is 13.5. The van der Waals surface area contributed by atoms with Gasteiger partial charge in [0.2, 0.25) is 12.5 Å². The number of benzene rings is 3. The Balaban J connectivity index is 1.34. The van der Waals surface area contributed by atoms with Gasteiger partial charge in [0.1, 0.15) is 5.69 Å². The second-order valence-electron chi connectivity index (χ2n) is 10.4. The Morgan fingerprint density at radius 1 is 0.929 bits per heavy atom. The van der Waals surface area contributed by atoms with Crippen LogP contribution in [0.15, 0.2) is 60.8 Å². The van der Waals surface area contributed by atoms with E-state index in [0.29, 0.717) is 35.3 Å². The summed E-state index contributed by atoms with van der Waals surface area (Å²) >= 11 is 0. The summed E-state index contributed by atoms with van der Waals surface area (Å²) in [5.74, 6) is 1.41. The maximum absolute atomic E-state index is 13.5. The number of carbonyl (C=O) groups excluding carboxylic acids is 1. The van der Waals surface area contributed by atoms with E-state index in [1.165, 1.54) is 0 Å². The minimum atomic E-state index is -0.499. The lowest BCUT2D eigenvalue weighted by atomic mass is 9.65. The Kier molecular flexibility index (Phi) is 6.49. The van der Waals surface area contributed by atoms with Crippen molar-refractivity contribution < 1.29 is 33.2 Å². The van der Waals surface area contributed by atoms with Crippen molar-refractivity contribution in [3.8, 4) is 28.7 Å². The molecule has 4 aromatic rings. The van der Waals surface area contributed by atoms with Gasteiger partial charge in [-0.3, -0.25) is 4.79 Å². The van der Waals surface area contributed by atoms with E-state index in [1.807, 2.05) is 65.5 Å². The molecule has 2 aliphatic heterocycles. The average Bonchev–Trinajstić information content (AvgIpc) is 3.78. The van der Waals surface area contributed by atoms with Crippen molar-refractivity contribution in [3.05, 3.63) is 83.2 Å². The molecule has 216 valence electrons. The fraction of sp³-hybridized carbons (Fsp3) is 0.323. The number of rotatable bonds is 8.